The quantitative estimate of drug-likeness (QED) is 0.693. The van der Waals surface area contributed by atoms with E-state index in [9.17, 15) is 8.42 Å². The summed E-state index contributed by atoms with van der Waals surface area (Å²) < 4.78 is 24.8. The molecule has 3 rings (SSSR count). The van der Waals surface area contributed by atoms with Crippen molar-refractivity contribution in [3.63, 3.8) is 0 Å². The summed E-state index contributed by atoms with van der Waals surface area (Å²) in [7, 11) is -2.92. The van der Waals surface area contributed by atoms with Crippen molar-refractivity contribution in [2.45, 2.75) is 32.7 Å². The van der Waals surface area contributed by atoms with Gasteiger partial charge in [-0.15, -0.1) is 0 Å². The van der Waals surface area contributed by atoms with Crippen LogP contribution in [0.1, 0.15) is 25.6 Å². The van der Waals surface area contributed by atoms with E-state index in [1.54, 1.807) is 0 Å². The Morgan fingerprint density at radius 1 is 1.17 bits per heavy atom. The van der Waals surface area contributed by atoms with Crippen molar-refractivity contribution in [2.24, 2.45) is 0 Å². The van der Waals surface area contributed by atoms with Gasteiger partial charge in [0.25, 0.3) is 0 Å². The molecule has 0 saturated carbocycles. The van der Waals surface area contributed by atoms with E-state index in [1.807, 2.05) is 24.3 Å². The van der Waals surface area contributed by atoms with Gasteiger partial charge in [-0.25, -0.2) is 18.4 Å². The van der Waals surface area contributed by atoms with Crippen molar-refractivity contribution >= 4 is 37.6 Å². The highest BCUT2D eigenvalue weighted by Gasteiger charge is 2.16. The van der Waals surface area contributed by atoms with Crippen molar-refractivity contribution < 1.29 is 8.42 Å². The standard InChI is InChI=1S/C17H22N4O2S/c1-3-14-20-15-16(21(14)10-6-7-11-24(2,22)23)12-8-4-5-9-13(12)19-17(15)18/h4-5,8-9H,3,6-7,10-11H2,1-2H3,(H2,18,19). The highest BCUT2D eigenvalue weighted by atomic mass is 32.2. The van der Waals surface area contributed by atoms with E-state index in [0.29, 0.717) is 12.2 Å². The fraction of sp³-hybridized carbons (Fsp3) is 0.412. The lowest BCUT2D eigenvalue weighted by atomic mass is 10.2. The summed E-state index contributed by atoms with van der Waals surface area (Å²) in [5.74, 6) is 1.61. The maximum absolute atomic E-state index is 11.3. The number of pyridine rings is 1. The molecule has 2 aromatic heterocycles. The van der Waals surface area contributed by atoms with Crippen LogP contribution >= 0.6 is 0 Å². The van der Waals surface area contributed by atoms with E-state index in [4.69, 9.17) is 5.73 Å². The number of benzene rings is 1. The van der Waals surface area contributed by atoms with Crippen LogP contribution in [0, 0.1) is 0 Å². The first-order valence-electron chi connectivity index (χ1n) is 8.11. The van der Waals surface area contributed by atoms with Gasteiger partial charge in [-0.2, -0.15) is 0 Å². The molecular weight excluding hydrogens is 324 g/mol. The Kier molecular flexibility index (Phi) is 4.45. The van der Waals surface area contributed by atoms with Crippen molar-refractivity contribution in [2.75, 3.05) is 17.7 Å². The van der Waals surface area contributed by atoms with Crippen LogP contribution in [-0.4, -0.2) is 35.0 Å². The van der Waals surface area contributed by atoms with Crippen LogP contribution in [0.5, 0.6) is 0 Å². The Morgan fingerprint density at radius 2 is 1.92 bits per heavy atom. The van der Waals surface area contributed by atoms with E-state index < -0.39 is 9.84 Å². The van der Waals surface area contributed by atoms with Gasteiger partial charge in [0.15, 0.2) is 5.82 Å². The molecule has 0 aliphatic carbocycles. The predicted molar refractivity (Wildman–Crippen MR) is 97.8 cm³/mol. The molecule has 1 aromatic carbocycles. The molecule has 3 aromatic rings. The maximum atomic E-state index is 11.3. The van der Waals surface area contributed by atoms with Crippen LogP contribution in [0.3, 0.4) is 0 Å². The van der Waals surface area contributed by atoms with Gasteiger partial charge in [-0.05, 0) is 18.9 Å². The Morgan fingerprint density at radius 3 is 2.62 bits per heavy atom. The highest BCUT2D eigenvalue weighted by molar-refractivity contribution is 7.90. The molecule has 6 nitrogen and oxygen atoms in total. The second-order valence-corrected chi connectivity index (χ2v) is 8.34. The number of anilines is 1. The highest BCUT2D eigenvalue weighted by Crippen LogP contribution is 2.29. The van der Waals surface area contributed by atoms with Gasteiger partial charge < -0.3 is 10.3 Å². The number of nitrogens with zero attached hydrogens (tertiary/aromatic N) is 3. The topological polar surface area (TPSA) is 90.9 Å². The van der Waals surface area contributed by atoms with Crippen LogP contribution in [0.25, 0.3) is 21.9 Å². The van der Waals surface area contributed by atoms with Crippen LogP contribution < -0.4 is 5.73 Å². The summed E-state index contributed by atoms with van der Waals surface area (Å²) in [6, 6.07) is 7.89. The fourth-order valence-electron chi connectivity index (χ4n) is 3.05. The molecule has 0 amide bonds. The van der Waals surface area contributed by atoms with Crippen LogP contribution in [0.2, 0.25) is 0 Å². The number of sulfone groups is 1. The molecule has 2 N–H and O–H groups in total. The van der Waals surface area contributed by atoms with E-state index >= 15 is 0 Å². The van der Waals surface area contributed by atoms with Crippen molar-refractivity contribution in [3.05, 3.63) is 30.1 Å². The van der Waals surface area contributed by atoms with Gasteiger partial charge in [-0.3, -0.25) is 0 Å². The van der Waals surface area contributed by atoms with Crippen molar-refractivity contribution in [1.82, 2.24) is 14.5 Å². The lowest BCUT2D eigenvalue weighted by molar-refractivity contribution is 0.586. The first-order chi connectivity index (χ1) is 11.4. The van der Waals surface area contributed by atoms with Crippen LogP contribution in [-0.2, 0) is 22.8 Å². The number of para-hydroxylation sites is 1. The molecule has 0 fully saturated rings. The van der Waals surface area contributed by atoms with Gasteiger partial charge in [-0.1, -0.05) is 25.1 Å². The fourth-order valence-corrected chi connectivity index (χ4v) is 3.78. The normalized spacial score (nSPS) is 12.2. The third-order valence-corrected chi connectivity index (χ3v) is 5.18. The number of aromatic nitrogens is 3. The van der Waals surface area contributed by atoms with Crippen LogP contribution in [0.4, 0.5) is 5.82 Å². The third kappa shape index (κ3) is 3.21. The molecule has 0 aliphatic heterocycles. The Balaban J connectivity index is 2.05. The van der Waals surface area contributed by atoms with Gasteiger partial charge in [0, 0.05) is 30.4 Å². The monoisotopic (exact) mass is 346 g/mol. The largest absolute Gasteiger partial charge is 0.382 e. The molecule has 24 heavy (non-hydrogen) atoms. The first-order valence-corrected chi connectivity index (χ1v) is 10.2. The van der Waals surface area contributed by atoms with E-state index in [1.165, 1.54) is 6.26 Å². The lowest BCUT2D eigenvalue weighted by Crippen LogP contribution is -2.07. The minimum atomic E-state index is -2.92. The minimum Gasteiger partial charge on any atom is -0.382 e. The molecule has 0 spiro atoms. The zero-order valence-electron chi connectivity index (χ0n) is 14.0. The number of imidazole rings is 1. The maximum Gasteiger partial charge on any atom is 0.152 e. The molecule has 2 heterocycles. The molecule has 128 valence electrons. The molecule has 0 radical (unpaired) electrons. The van der Waals surface area contributed by atoms with Gasteiger partial charge in [0.05, 0.1) is 11.0 Å². The number of nitrogen functional groups attached to an aromatic ring is 1. The van der Waals surface area contributed by atoms with E-state index in [2.05, 4.69) is 21.5 Å². The zero-order valence-corrected chi connectivity index (χ0v) is 14.8. The second-order valence-electron chi connectivity index (χ2n) is 6.08. The van der Waals surface area contributed by atoms with Gasteiger partial charge in [0.1, 0.15) is 21.2 Å². The number of nitrogens with two attached hydrogens (primary N) is 1. The molecule has 0 saturated heterocycles. The number of hydrogen-bond acceptors (Lipinski definition) is 5. The molecular formula is C17H22N4O2S. The second kappa shape index (κ2) is 6.39. The first kappa shape index (κ1) is 16.7. The molecule has 7 heteroatoms. The molecule has 0 bridgehead atoms. The Hall–Kier alpha value is -2.15. The summed E-state index contributed by atoms with van der Waals surface area (Å²) >= 11 is 0. The average molecular weight is 346 g/mol. The number of unbranched alkanes of at least 4 members (excludes halogenated alkanes) is 1. The Labute approximate surface area is 141 Å². The van der Waals surface area contributed by atoms with Crippen molar-refractivity contribution in [3.8, 4) is 0 Å². The van der Waals surface area contributed by atoms with Gasteiger partial charge in [0.2, 0.25) is 0 Å². The van der Waals surface area contributed by atoms with E-state index in [0.717, 1.165) is 47.1 Å². The van der Waals surface area contributed by atoms with Crippen LogP contribution in [0.15, 0.2) is 24.3 Å². The smallest absolute Gasteiger partial charge is 0.152 e. The predicted octanol–water partition coefficient (Wildman–Crippen LogP) is 2.55. The minimum absolute atomic E-state index is 0.214. The number of fused-ring (bicyclic) bond motifs is 3. The average Bonchev–Trinajstić information content (AvgIpc) is 2.90. The number of hydrogen-bond donors (Lipinski definition) is 1. The summed E-state index contributed by atoms with van der Waals surface area (Å²) in [4.78, 5) is 9.11. The number of aryl methyl sites for hydroxylation is 2. The summed E-state index contributed by atoms with van der Waals surface area (Å²) in [6.07, 6.45) is 3.48. The third-order valence-electron chi connectivity index (χ3n) is 4.15. The molecule has 0 atom stereocenters. The molecule has 0 unspecified atom stereocenters. The van der Waals surface area contributed by atoms with Crippen molar-refractivity contribution in [1.29, 1.82) is 0 Å². The summed E-state index contributed by atoms with van der Waals surface area (Å²) in [5, 5.41) is 1.03. The Bertz CT molecular complexity index is 993. The zero-order chi connectivity index (χ0) is 17.3. The lowest BCUT2D eigenvalue weighted by Gasteiger charge is -2.10. The molecule has 0 aliphatic rings. The summed E-state index contributed by atoms with van der Waals surface area (Å²) in [6.45, 7) is 2.78. The van der Waals surface area contributed by atoms with E-state index in [-0.39, 0.29) is 5.75 Å². The number of rotatable bonds is 6. The SMILES string of the molecule is CCc1nc2c(N)nc3ccccc3c2n1CCCCS(C)(=O)=O. The van der Waals surface area contributed by atoms with Gasteiger partial charge >= 0.3 is 0 Å². The summed E-state index contributed by atoms with van der Waals surface area (Å²) in [5.41, 5.74) is 8.68.